The molecule has 2 rings (SSSR count). The molecule has 1 heterocycles. The van der Waals surface area contributed by atoms with Crippen LogP contribution in [0, 0.1) is 5.92 Å². The Hall–Kier alpha value is -1.92. The van der Waals surface area contributed by atoms with Crippen LogP contribution in [0.1, 0.15) is 17.3 Å². The smallest absolute Gasteiger partial charge is 0.238 e. The molecule has 1 aliphatic heterocycles. The minimum Gasteiger partial charge on any atom is -0.504 e. The summed E-state index contributed by atoms with van der Waals surface area (Å²) in [4.78, 5) is 27.7. The van der Waals surface area contributed by atoms with Crippen molar-refractivity contribution in [1.29, 1.82) is 0 Å². The maximum absolute atomic E-state index is 12.2. The van der Waals surface area contributed by atoms with Crippen LogP contribution in [0.2, 0.25) is 0 Å². The predicted octanol–water partition coefficient (Wildman–Crippen LogP) is 1.10. The lowest BCUT2D eigenvalue weighted by Gasteiger charge is -2.23. The van der Waals surface area contributed by atoms with Crippen molar-refractivity contribution in [3.05, 3.63) is 17.7 Å². The first-order valence-corrected chi connectivity index (χ1v) is 5.84. The monoisotopic (exact) mass is 282 g/mol. The lowest BCUT2D eigenvalue weighted by molar-refractivity contribution is -0.112. The van der Waals surface area contributed by atoms with E-state index in [0.29, 0.717) is 0 Å². The molecule has 1 aromatic rings. The van der Waals surface area contributed by atoms with Gasteiger partial charge in [0.05, 0.1) is 11.4 Å². The summed E-state index contributed by atoms with van der Waals surface area (Å²) in [7, 11) is 0. The number of phenols is 2. The summed E-state index contributed by atoms with van der Waals surface area (Å²) in [6, 6.07) is 1.56. The average molecular weight is 283 g/mol. The molecule has 0 aliphatic carbocycles. The molecule has 100 valence electrons. The number of carbonyl (C=O) groups is 2. The lowest BCUT2D eigenvalue weighted by atomic mass is 9.87. The second-order valence-electron chi connectivity index (χ2n) is 4.28. The van der Waals surface area contributed by atoms with Crippen LogP contribution in [0.15, 0.2) is 17.1 Å². The van der Waals surface area contributed by atoms with Crippen LogP contribution in [-0.4, -0.2) is 33.0 Å². The van der Waals surface area contributed by atoms with Crippen LogP contribution in [0.5, 0.6) is 11.5 Å². The molecule has 2 atom stereocenters. The highest BCUT2D eigenvalue weighted by Crippen LogP contribution is 2.38. The van der Waals surface area contributed by atoms with Gasteiger partial charge in [-0.25, -0.2) is 0 Å². The Balaban J connectivity index is 2.68. The van der Waals surface area contributed by atoms with Crippen LogP contribution in [0.3, 0.4) is 0 Å². The number of halogens is 1. The summed E-state index contributed by atoms with van der Waals surface area (Å²) in [5.74, 6) is -2.71. The molecular weight excluding hydrogens is 272 g/mol. The first-order chi connectivity index (χ1) is 8.82. The molecule has 4 N–H and O–H groups in total. The first kappa shape index (κ1) is 13.5. The number of phenolic OH excluding ortho intramolecular Hbond substituents is 2. The molecule has 6 nitrogen and oxygen atoms in total. The fraction of sp³-hybridized carbons (Fsp3) is 0.250. The van der Waals surface area contributed by atoms with E-state index in [9.17, 15) is 19.8 Å². The summed E-state index contributed by atoms with van der Waals surface area (Å²) in [6.07, 6.45) is 0. The molecule has 0 radical (unpaired) electrons. The number of nitrogens with zero attached hydrogens (tertiary/aromatic N) is 1. The van der Waals surface area contributed by atoms with E-state index < -0.39 is 34.5 Å². The number of ketones is 1. The zero-order chi connectivity index (χ0) is 14.3. The number of benzene rings is 1. The quantitative estimate of drug-likeness (QED) is 0.427. The maximum Gasteiger partial charge on any atom is 0.238 e. The van der Waals surface area contributed by atoms with Crippen LogP contribution in [0.4, 0.5) is 5.69 Å². The van der Waals surface area contributed by atoms with E-state index in [4.69, 9.17) is 17.3 Å². The predicted molar refractivity (Wildman–Crippen MR) is 69.2 cm³/mol. The van der Waals surface area contributed by atoms with Gasteiger partial charge in [0.15, 0.2) is 17.3 Å². The first-order valence-electron chi connectivity index (χ1n) is 5.46. The summed E-state index contributed by atoms with van der Waals surface area (Å²) in [5.41, 5.74) is 6.00. The Morgan fingerprint density at radius 3 is 2.53 bits per heavy atom. The van der Waals surface area contributed by atoms with E-state index in [2.05, 4.69) is 4.99 Å². The molecule has 1 aliphatic rings. The molecule has 1 aromatic carbocycles. The normalized spacial score (nSPS) is 19.6. The number of hydrogen-bond donors (Lipinski definition) is 3. The summed E-state index contributed by atoms with van der Waals surface area (Å²) in [5, 5.41) is 17.9. The van der Waals surface area contributed by atoms with Crippen molar-refractivity contribution < 1.29 is 19.8 Å². The molecule has 0 spiro atoms. The number of Topliss-reactive ketones (excluding diaryl/α,β-unsaturated/α-hetero) is 1. The van der Waals surface area contributed by atoms with Crippen molar-refractivity contribution >= 4 is 34.0 Å². The molecule has 0 saturated heterocycles. The molecule has 7 heteroatoms. The summed E-state index contributed by atoms with van der Waals surface area (Å²) >= 11 is 5.42. The second kappa shape index (κ2) is 4.64. The minimum atomic E-state index is -1.25. The van der Waals surface area contributed by atoms with Gasteiger partial charge in [0.1, 0.15) is 5.92 Å². The highest BCUT2D eigenvalue weighted by Gasteiger charge is 2.38. The zero-order valence-corrected chi connectivity index (χ0v) is 10.7. The summed E-state index contributed by atoms with van der Waals surface area (Å²) < 4.78 is 0. The number of rotatable bonds is 2. The van der Waals surface area contributed by atoms with Crippen molar-refractivity contribution in [2.45, 2.75) is 13.0 Å². The van der Waals surface area contributed by atoms with Gasteiger partial charge in [-0.3, -0.25) is 14.6 Å². The van der Waals surface area contributed by atoms with Crippen molar-refractivity contribution in [3.63, 3.8) is 0 Å². The molecule has 0 aromatic heterocycles. The van der Waals surface area contributed by atoms with Crippen LogP contribution >= 0.6 is 11.6 Å². The van der Waals surface area contributed by atoms with E-state index >= 15 is 0 Å². The van der Waals surface area contributed by atoms with Gasteiger partial charge in [-0.1, -0.05) is 0 Å². The van der Waals surface area contributed by atoms with Crippen molar-refractivity contribution in [2.24, 2.45) is 16.6 Å². The lowest BCUT2D eigenvalue weighted by Crippen LogP contribution is -2.41. The standard InChI is InChI=1S/C12H11ClN2O4/c1-4(14)10-9(12(13)19)11(18)5-2-7(16)8(17)3-6(5)15-10/h2-4,9,16-17H,14H2,1H3. The van der Waals surface area contributed by atoms with Gasteiger partial charge >= 0.3 is 0 Å². The highest BCUT2D eigenvalue weighted by atomic mass is 35.5. The Kier molecular flexibility index (Phi) is 3.30. The Morgan fingerprint density at radius 2 is 2.00 bits per heavy atom. The van der Waals surface area contributed by atoms with E-state index in [1.165, 1.54) is 0 Å². The number of fused-ring (bicyclic) bond motifs is 1. The van der Waals surface area contributed by atoms with Crippen LogP contribution in [0.25, 0.3) is 0 Å². The average Bonchev–Trinajstić information content (AvgIpc) is 2.30. The fourth-order valence-electron chi connectivity index (χ4n) is 1.93. The van der Waals surface area contributed by atoms with Gasteiger partial charge in [-0.05, 0) is 24.6 Å². The largest absolute Gasteiger partial charge is 0.504 e. The SMILES string of the molecule is CC(N)C1=Nc2cc(O)c(O)cc2C(=O)C1C(=O)Cl. The van der Waals surface area contributed by atoms with Gasteiger partial charge in [-0.2, -0.15) is 0 Å². The van der Waals surface area contributed by atoms with Gasteiger partial charge < -0.3 is 15.9 Å². The van der Waals surface area contributed by atoms with Crippen LogP contribution in [-0.2, 0) is 4.79 Å². The van der Waals surface area contributed by atoms with Crippen LogP contribution < -0.4 is 5.73 Å². The number of aliphatic imine (C=N–C) groups is 1. The third-order valence-corrected chi connectivity index (χ3v) is 3.08. The third kappa shape index (κ3) is 2.20. The number of nitrogens with two attached hydrogens (primary N) is 1. The number of carbonyl (C=O) groups excluding carboxylic acids is 2. The van der Waals surface area contributed by atoms with E-state index in [1.807, 2.05) is 0 Å². The van der Waals surface area contributed by atoms with Crippen molar-refractivity contribution in [2.75, 3.05) is 0 Å². The third-order valence-electron chi connectivity index (χ3n) is 2.86. The Labute approximate surface area is 113 Å². The second-order valence-corrected chi connectivity index (χ2v) is 4.66. The minimum absolute atomic E-state index is 0.0266. The molecule has 19 heavy (non-hydrogen) atoms. The molecule has 0 amide bonds. The van der Waals surface area contributed by atoms with Gasteiger partial charge in [0.2, 0.25) is 5.24 Å². The van der Waals surface area contributed by atoms with Gasteiger partial charge in [-0.15, -0.1) is 0 Å². The Bertz CT molecular complexity index is 610. The zero-order valence-electron chi connectivity index (χ0n) is 9.92. The fourth-order valence-corrected chi connectivity index (χ4v) is 2.14. The molecular formula is C12H11ClN2O4. The van der Waals surface area contributed by atoms with Gasteiger partial charge in [0, 0.05) is 17.7 Å². The van der Waals surface area contributed by atoms with E-state index in [0.717, 1.165) is 12.1 Å². The van der Waals surface area contributed by atoms with Crippen molar-refractivity contribution in [1.82, 2.24) is 0 Å². The number of aromatic hydroxyl groups is 2. The highest BCUT2D eigenvalue weighted by molar-refractivity contribution is 6.68. The molecule has 0 bridgehead atoms. The van der Waals surface area contributed by atoms with E-state index in [-0.39, 0.29) is 17.0 Å². The molecule has 0 saturated carbocycles. The molecule has 0 fully saturated rings. The van der Waals surface area contributed by atoms with Crippen molar-refractivity contribution in [3.8, 4) is 11.5 Å². The summed E-state index contributed by atoms with van der Waals surface area (Å²) in [6.45, 7) is 1.57. The Morgan fingerprint density at radius 1 is 1.42 bits per heavy atom. The number of hydrogen-bond acceptors (Lipinski definition) is 6. The molecule has 2 unspecified atom stereocenters. The van der Waals surface area contributed by atoms with E-state index in [1.54, 1.807) is 6.92 Å². The maximum atomic E-state index is 12.2. The topological polar surface area (TPSA) is 113 Å². The van der Waals surface area contributed by atoms with Gasteiger partial charge in [0.25, 0.3) is 0 Å².